The number of anilines is 1. The molecule has 140 valence electrons. The van der Waals surface area contributed by atoms with E-state index >= 15 is 0 Å². The Morgan fingerprint density at radius 3 is 2.30 bits per heavy atom. The molecule has 1 saturated heterocycles. The van der Waals surface area contributed by atoms with Gasteiger partial charge in [0, 0.05) is 50.4 Å². The third-order valence-corrected chi connectivity index (χ3v) is 5.11. The number of para-hydroxylation sites is 1. The van der Waals surface area contributed by atoms with Gasteiger partial charge in [-0.25, -0.2) is 4.79 Å². The summed E-state index contributed by atoms with van der Waals surface area (Å²) >= 11 is 0. The molecule has 1 aliphatic rings. The average molecular weight is 364 g/mol. The highest BCUT2D eigenvalue weighted by atomic mass is 16.6. The molecule has 0 atom stereocenters. The van der Waals surface area contributed by atoms with E-state index in [9.17, 15) is 4.79 Å². The van der Waals surface area contributed by atoms with Crippen LogP contribution in [0.2, 0.25) is 0 Å². The minimum absolute atomic E-state index is 0.558. The Balaban J connectivity index is 1.37. The molecule has 0 unspecified atom stereocenters. The maximum Gasteiger partial charge on any atom is 0.519 e. The minimum Gasteiger partial charge on any atom is -0.395 e. The van der Waals surface area contributed by atoms with Crippen LogP contribution in [0.5, 0.6) is 0 Å². The quantitative estimate of drug-likeness (QED) is 0.693. The van der Waals surface area contributed by atoms with Crippen molar-refractivity contribution in [2.45, 2.75) is 13.3 Å². The van der Waals surface area contributed by atoms with Gasteiger partial charge in [-0.3, -0.25) is 4.90 Å². The minimum atomic E-state index is -0.630. The number of hydrogen-bond acceptors (Lipinski definition) is 5. The first kappa shape index (κ1) is 17.6. The SMILES string of the molecule is Cc1ccc(-c2oc(=O)oc2CCN2CCN(c3ccccc3)CC2)cc1. The molecule has 2 aromatic carbocycles. The van der Waals surface area contributed by atoms with E-state index in [0.717, 1.165) is 38.3 Å². The molecule has 2 heterocycles. The first-order valence-electron chi connectivity index (χ1n) is 9.41. The van der Waals surface area contributed by atoms with Gasteiger partial charge in [0.2, 0.25) is 0 Å². The van der Waals surface area contributed by atoms with E-state index in [1.807, 2.05) is 37.3 Å². The molecule has 1 aromatic heterocycles. The van der Waals surface area contributed by atoms with Crippen molar-refractivity contribution < 1.29 is 8.83 Å². The number of benzene rings is 2. The van der Waals surface area contributed by atoms with Crippen LogP contribution in [0.25, 0.3) is 11.3 Å². The molecule has 0 radical (unpaired) electrons. The van der Waals surface area contributed by atoms with Crippen LogP contribution in [0.3, 0.4) is 0 Å². The monoisotopic (exact) mass is 364 g/mol. The van der Waals surface area contributed by atoms with Crippen molar-refractivity contribution in [2.75, 3.05) is 37.6 Å². The second-order valence-electron chi connectivity index (χ2n) is 6.99. The highest BCUT2D eigenvalue weighted by Gasteiger charge is 2.20. The lowest BCUT2D eigenvalue weighted by atomic mass is 10.1. The lowest BCUT2D eigenvalue weighted by molar-refractivity contribution is 0.254. The Hall–Kier alpha value is -2.79. The van der Waals surface area contributed by atoms with Crippen molar-refractivity contribution in [3.63, 3.8) is 0 Å². The molecule has 5 nitrogen and oxygen atoms in total. The second kappa shape index (κ2) is 7.84. The highest BCUT2D eigenvalue weighted by Crippen LogP contribution is 2.24. The molecule has 0 N–H and O–H groups in total. The summed E-state index contributed by atoms with van der Waals surface area (Å²) in [5.74, 6) is 0.562. The van der Waals surface area contributed by atoms with E-state index in [0.29, 0.717) is 17.9 Å². The summed E-state index contributed by atoms with van der Waals surface area (Å²) < 4.78 is 10.6. The van der Waals surface area contributed by atoms with E-state index < -0.39 is 5.82 Å². The van der Waals surface area contributed by atoms with Crippen molar-refractivity contribution in [2.24, 2.45) is 0 Å². The van der Waals surface area contributed by atoms with Gasteiger partial charge in [0.1, 0.15) is 0 Å². The Labute approximate surface area is 158 Å². The summed E-state index contributed by atoms with van der Waals surface area (Å²) in [5, 5.41) is 0. The van der Waals surface area contributed by atoms with Crippen LogP contribution in [0, 0.1) is 6.92 Å². The predicted octanol–water partition coefficient (Wildman–Crippen LogP) is 3.57. The fourth-order valence-electron chi connectivity index (χ4n) is 3.53. The molecular formula is C22H24N2O3. The number of piperazine rings is 1. The summed E-state index contributed by atoms with van der Waals surface area (Å²) in [6.45, 7) is 6.89. The normalized spacial score (nSPS) is 15.2. The number of aryl methyl sites for hydroxylation is 1. The molecule has 0 saturated carbocycles. The fraction of sp³-hybridized carbons (Fsp3) is 0.318. The highest BCUT2D eigenvalue weighted by molar-refractivity contribution is 5.59. The fourth-order valence-corrected chi connectivity index (χ4v) is 3.53. The van der Waals surface area contributed by atoms with Crippen molar-refractivity contribution in [3.05, 3.63) is 76.5 Å². The Morgan fingerprint density at radius 2 is 1.59 bits per heavy atom. The maximum atomic E-state index is 11.6. The topological polar surface area (TPSA) is 49.8 Å². The maximum absolute atomic E-state index is 11.6. The second-order valence-corrected chi connectivity index (χ2v) is 6.99. The van der Waals surface area contributed by atoms with Crippen LogP contribution in [0.1, 0.15) is 11.3 Å². The van der Waals surface area contributed by atoms with Gasteiger partial charge in [-0.05, 0) is 19.1 Å². The molecule has 5 heteroatoms. The number of hydrogen-bond donors (Lipinski definition) is 0. The van der Waals surface area contributed by atoms with Gasteiger partial charge in [0.25, 0.3) is 0 Å². The summed E-state index contributed by atoms with van der Waals surface area (Å²) in [7, 11) is 0. The third kappa shape index (κ3) is 4.14. The Bertz CT molecular complexity index is 920. The van der Waals surface area contributed by atoms with Crippen LogP contribution in [0.15, 0.2) is 68.2 Å². The lowest BCUT2D eigenvalue weighted by Crippen LogP contribution is -2.47. The van der Waals surface area contributed by atoms with Gasteiger partial charge in [-0.1, -0.05) is 48.0 Å². The van der Waals surface area contributed by atoms with Crippen LogP contribution in [-0.2, 0) is 6.42 Å². The molecule has 4 rings (SSSR count). The van der Waals surface area contributed by atoms with E-state index in [-0.39, 0.29) is 0 Å². The summed E-state index contributed by atoms with van der Waals surface area (Å²) in [6.07, 6.45) is 0.667. The smallest absolute Gasteiger partial charge is 0.395 e. The summed E-state index contributed by atoms with van der Waals surface area (Å²) in [4.78, 5) is 16.5. The third-order valence-electron chi connectivity index (χ3n) is 5.11. The molecule has 3 aromatic rings. The van der Waals surface area contributed by atoms with Gasteiger partial charge >= 0.3 is 5.82 Å². The van der Waals surface area contributed by atoms with Crippen molar-refractivity contribution in [3.8, 4) is 11.3 Å². The molecule has 1 aliphatic heterocycles. The van der Waals surface area contributed by atoms with Gasteiger partial charge in [-0.15, -0.1) is 0 Å². The Morgan fingerprint density at radius 1 is 0.889 bits per heavy atom. The van der Waals surface area contributed by atoms with Crippen LogP contribution in [-0.4, -0.2) is 37.6 Å². The zero-order valence-corrected chi connectivity index (χ0v) is 15.6. The zero-order valence-electron chi connectivity index (χ0n) is 15.6. The first-order valence-corrected chi connectivity index (χ1v) is 9.41. The van der Waals surface area contributed by atoms with Crippen LogP contribution in [0.4, 0.5) is 5.69 Å². The molecule has 0 bridgehead atoms. The van der Waals surface area contributed by atoms with Crippen LogP contribution < -0.4 is 10.7 Å². The average Bonchev–Trinajstić information content (AvgIpc) is 3.08. The summed E-state index contributed by atoms with van der Waals surface area (Å²) in [6, 6.07) is 18.5. The number of rotatable bonds is 5. The molecule has 27 heavy (non-hydrogen) atoms. The molecule has 0 amide bonds. The molecule has 0 aliphatic carbocycles. The summed E-state index contributed by atoms with van der Waals surface area (Å²) in [5.41, 5.74) is 3.33. The standard InChI is InChI=1S/C22H24N2O3/c1-17-7-9-18(10-8-17)21-20(26-22(25)27-21)11-12-23-13-15-24(16-14-23)19-5-3-2-4-6-19/h2-10H,11-16H2,1H3. The molecule has 1 fully saturated rings. The van der Waals surface area contributed by atoms with E-state index in [1.165, 1.54) is 11.3 Å². The van der Waals surface area contributed by atoms with Gasteiger partial charge < -0.3 is 13.7 Å². The van der Waals surface area contributed by atoms with E-state index in [4.69, 9.17) is 8.83 Å². The van der Waals surface area contributed by atoms with Crippen LogP contribution >= 0.6 is 0 Å². The lowest BCUT2D eigenvalue weighted by Gasteiger charge is -2.36. The van der Waals surface area contributed by atoms with E-state index in [1.54, 1.807) is 0 Å². The van der Waals surface area contributed by atoms with Gasteiger partial charge in [0.05, 0.1) is 0 Å². The van der Waals surface area contributed by atoms with Crippen molar-refractivity contribution >= 4 is 5.69 Å². The van der Waals surface area contributed by atoms with Gasteiger partial charge in [-0.2, -0.15) is 0 Å². The largest absolute Gasteiger partial charge is 0.519 e. The Kier molecular flexibility index (Phi) is 5.12. The van der Waals surface area contributed by atoms with E-state index in [2.05, 4.69) is 34.1 Å². The molecular weight excluding hydrogens is 340 g/mol. The van der Waals surface area contributed by atoms with Gasteiger partial charge in [0.15, 0.2) is 11.5 Å². The van der Waals surface area contributed by atoms with Crippen molar-refractivity contribution in [1.82, 2.24) is 4.90 Å². The number of nitrogens with zero attached hydrogens (tertiary/aromatic N) is 2. The zero-order chi connectivity index (χ0) is 18.6. The molecule has 0 spiro atoms. The first-order chi connectivity index (χ1) is 13.2. The van der Waals surface area contributed by atoms with Crippen molar-refractivity contribution in [1.29, 1.82) is 0 Å². The predicted molar refractivity (Wildman–Crippen MR) is 106 cm³/mol.